The summed E-state index contributed by atoms with van der Waals surface area (Å²) in [4.78, 5) is 4.98. The predicted molar refractivity (Wildman–Crippen MR) is 164 cm³/mol. The Morgan fingerprint density at radius 2 is 0.750 bits per heavy atom. The Labute approximate surface area is 236 Å². The molecule has 40 heavy (non-hydrogen) atoms. The molecule has 0 aromatic heterocycles. The smallest absolute Gasteiger partial charge is 0.0685 e. The van der Waals surface area contributed by atoms with Gasteiger partial charge in [0.25, 0.3) is 0 Å². The van der Waals surface area contributed by atoms with Gasteiger partial charge in [0.1, 0.15) is 0 Å². The maximum Gasteiger partial charge on any atom is 0.0685 e. The lowest BCUT2D eigenvalue weighted by molar-refractivity contribution is 0.0583. The van der Waals surface area contributed by atoms with Crippen LogP contribution < -0.4 is 10.6 Å². The average molecular weight is 533 g/mol. The molecule has 4 aromatic rings. The molecule has 0 aliphatic carbocycles. The van der Waals surface area contributed by atoms with Crippen molar-refractivity contribution in [3.63, 3.8) is 0 Å². The van der Waals surface area contributed by atoms with Crippen molar-refractivity contribution in [1.29, 1.82) is 0 Å². The highest BCUT2D eigenvalue weighted by Crippen LogP contribution is 2.35. The summed E-state index contributed by atoms with van der Waals surface area (Å²) in [5.41, 5.74) is 9.21. The van der Waals surface area contributed by atoms with Crippen molar-refractivity contribution in [1.82, 2.24) is 9.80 Å². The first-order valence-electron chi connectivity index (χ1n) is 14.1. The number of nitrogens with one attached hydrogen (secondary N) is 2. The summed E-state index contributed by atoms with van der Waals surface area (Å²) in [7, 11) is 0. The topological polar surface area (TPSA) is 49.0 Å². The van der Waals surface area contributed by atoms with Crippen molar-refractivity contribution in [2.45, 2.75) is 0 Å². The fraction of sp³-hybridized carbons (Fsp3) is 0.235. The van der Waals surface area contributed by atoms with Crippen LogP contribution in [0.2, 0.25) is 0 Å². The van der Waals surface area contributed by atoms with Crippen molar-refractivity contribution in [3.8, 4) is 0 Å². The Hall–Kier alpha value is -4.26. The molecule has 0 amide bonds. The van der Waals surface area contributed by atoms with E-state index in [2.05, 4.69) is 93.2 Å². The molecule has 0 radical (unpaired) electrons. The van der Waals surface area contributed by atoms with Crippen molar-refractivity contribution >= 4 is 34.1 Å². The van der Waals surface area contributed by atoms with E-state index in [1.807, 2.05) is 36.4 Å². The molecule has 4 aromatic carbocycles. The summed E-state index contributed by atoms with van der Waals surface area (Å²) in [6, 6.07) is 38.2. The summed E-state index contributed by atoms with van der Waals surface area (Å²) < 4.78 is 11.5. The number of morpholine rings is 2. The second kappa shape index (κ2) is 12.7. The van der Waals surface area contributed by atoms with Crippen molar-refractivity contribution in [2.75, 3.05) is 63.2 Å². The van der Waals surface area contributed by atoms with Gasteiger partial charge >= 0.3 is 0 Å². The van der Waals surface area contributed by atoms with E-state index in [9.17, 15) is 0 Å². The number of hydrogen-bond acceptors (Lipinski definition) is 6. The Morgan fingerprint density at radius 3 is 1.10 bits per heavy atom. The second-order valence-electron chi connectivity index (χ2n) is 10.0. The van der Waals surface area contributed by atoms with Gasteiger partial charge in [0.2, 0.25) is 0 Å². The maximum atomic E-state index is 5.76. The highest BCUT2D eigenvalue weighted by molar-refractivity contribution is 5.90. The van der Waals surface area contributed by atoms with Gasteiger partial charge < -0.3 is 29.9 Å². The zero-order chi connectivity index (χ0) is 27.0. The van der Waals surface area contributed by atoms with E-state index in [0.29, 0.717) is 0 Å². The molecule has 0 bridgehead atoms. The number of hydrogen-bond donors (Lipinski definition) is 2. The molecular weight excluding hydrogens is 496 g/mol. The number of benzene rings is 4. The van der Waals surface area contributed by atoms with Gasteiger partial charge in [0, 0.05) is 60.1 Å². The first-order chi connectivity index (χ1) is 19.8. The minimum Gasteiger partial charge on any atom is -0.378 e. The molecule has 0 atom stereocenters. The lowest BCUT2D eigenvalue weighted by Crippen LogP contribution is -2.40. The molecule has 2 aliphatic heterocycles. The van der Waals surface area contributed by atoms with Crippen molar-refractivity contribution in [2.24, 2.45) is 0 Å². The summed E-state index contributed by atoms with van der Waals surface area (Å²) in [5.74, 6) is 0. The van der Waals surface area contributed by atoms with Gasteiger partial charge in [0.15, 0.2) is 0 Å². The quantitative estimate of drug-likeness (QED) is 0.247. The van der Waals surface area contributed by atoms with Gasteiger partial charge in [0.05, 0.1) is 37.8 Å². The zero-order valence-electron chi connectivity index (χ0n) is 22.8. The van der Waals surface area contributed by atoms with Gasteiger partial charge in [-0.25, -0.2) is 0 Å². The Kier molecular flexibility index (Phi) is 8.27. The molecule has 2 fully saturated rings. The summed E-state index contributed by atoms with van der Waals surface area (Å²) in [6.45, 7) is 6.37. The molecule has 0 saturated carbocycles. The van der Waals surface area contributed by atoms with Crippen LogP contribution in [0.1, 0.15) is 11.1 Å². The third-order valence-electron chi connectivity index (χ3n) is 7.32. The second-order valence-corrected chi connectivity index (χ2v) is 10.0. The van der Waals surface area contributed by atoms with Gasteiger partial charge in [-0.05, 0) is 48.5 Å². The van der Waals surface area contributed by atoms with E-state index in [4.69, 9.17) is 9.47 Å². The van der Waals surface area contributed by atoms with Crippen LogP contribution >= 0.6 is 0 Å². The maximum absolute atomic E-state index is 5.76. The molecule has 2 aliphatic rings. The third-order valence-corrected chi connectivity index (χ3v) is 7.32. The SMILES string of the molecule is c1ccc(Nc2ccc(C(=C(c3ccc(Nc4ccccc4)cc3)N3CCOCC3)N3CCOCC3)cc2)cc1. The monoisotopic (exact) mass is 532 g/mol. The largest absolute Gasteiger partial charge is 0.378 e. The third kappa shape index (κ3) is 6.30. The fourth-order valence-corrected chi connectivity index (χ4v) is 5.31. The summed E-state index contributed by atoms with van der Waals surface area (Å²) in [5, 5.41) is 7.03. The van der Waals surface area contributed by atoms with Gasteiger partial charge in [-0.1, -0.05) is 60.7 Å². The first kappa shape index (κ1) is 26.0. The van der Waals surface area contributed by atoms with Crippen LogP contribution in [0.3, 0.4) is 0 Å². The standard InChI is InChI=1S/C34H36N4O2/c1-3-7-29(8-4-1)35-31-15-11-27(12-16-31)33(37-19-23-39-24-20-37)34(38-21-25-40-26-22-38)28-13-17-32(18-14-28)36-30-9-5-2-6-10-30/h1-18,35-36H,19-26H2. The summed E-state index contributed by atoms with van der Waals surface area (Å²) in [6.07, 6.45) is 0. The van der Waals surface area contributed by atoms with Gasteiger partial charge in [-0.3, -0.25) is 0 Å². The highest BCUT2D eigenvalue weighted by atomic mass is 16.5. The molecule has 6 heteroatoms. The van der Waals surface area contributed by atoms with E-state index in [-0.39, 0.29) is 0 Å². The molecule has 6 nitrogen and oxygen atoms in total. The van der Waals surface area contributed by atoms with Crippen LogP contribution in [-0.2, 0) is 9.47 Å². The summed E-state index contributed by atoms with van der Waals surface area (Å²) >= 11 is 0. The molecular formula is C34H36N4O2. The van der Waals surface area contributed by atoms with Crippen LogP contribution in [0.25, 0.3) is 11.4 Å². The van der Waals surface area contributed by atoms with Gasteiger partial charge in [-0.2, -0.15) is 0 Å². The molecule has 0 unspecified atom stereocenters. The number of ether oxygens (including phenoxy) is 2. The van der Waals surface area contributed by atoms with Crippen molar-refractivity contribution in [3.05, 3.63) is 120 Å². The van der Waals surface area contributed by atoms with Crippen LogP contribution in [0.5, 0.6) is 0 Å². The van der Waals surface area contributed by atoms with E-state index in [0.717, 1.165) is 75.4 Å². The lowest BCUT2D eigenvalue weighted by atomic mass is 10.0. The Bertz CT molecular complexity index is 1270. The molecule has 2 N–H and O–H groups in total. The van der Waals surface area contributed by atoms with E-state index >= 15 is 0 Å². The van der Waals surface area contributed by atoms with Crippen LogP contribution in [0, 0.1) is 0 Å². The molecule has 2 heterocycles. The first-order valence-corrected chi connectivity index (χ1v) is 14.1. The fourth-order valence-electron chi connectivity index (χ4n) is 5.31. The number of nitrogens with zero attached hydrogens (tertiary/aromatic N) is 2. The minimum atomic E-state index is 0.730. The zero-order valence-corrected chi connectivity index (χ0v) is 22.8. The minimum absolute atomic E-state index is 0.730. The van der Waals surface area contributed by atoms with Crippen LogP contribution in [0.15, 0.2) is 109 Å². The number of anilines is 4. The number of para-hydroxylation sites is 2. The molecule has 6 rings (SSSR count). The average Bonchev–Trinajstić information content (AvgIpc) is 3.03. The van der Waals surface area contributed by atoms with Gasteiger partial charge in [-0.15, -0.1) is 0 Å². The van der Waals surface area contributed by atoms with Crippen molar-refractivity contribution < 1.29 is 9.47 Å². The number of rotatable bonds is 8. The lowest BCUT2D eigenvalue weighted by Gasteiger charge is -2.38. The predicted octanol–water partition coefficient (Wildman–Crippen LogP) is 6.66. The highest BCUT2D eigenvalue weighted by Gasteiger charge is 2.25. The van der Waals surface area contributed by atoms with E-state index in [1.54, 1.807) is 0 Å². The molecule has 204 valence electrons. The van der Waals surface area contributed by atoms with E-state index < -0.39 is 0 Å². The normalized spacial score (nSPS) is 16.3. The Morgan fingerprint density at radius 1 is 0.425 bits per heavy atom. The van der Waals surface area contributed by atoms with Crippen LogP contribution in [0.4, 0.5) is 22.7 Å². The Balaban J connectivity index is 1.39. The van der Waals surface area contributed by atoms with Crippen LogP contribution in [-0.4, -0.2) is 62.4 Å². The molecule has 0 spiro atoms. The van der Waals surface area contributed by atoms with E-state index in [1.165, 1.54) is 22.5 Å². The molecule has 2 saturated heterocycles.